The van der Waals surface area contributed by atoms with Gasteiger partial charge in [-0.15, -0.1) is 0 Å². The van der Waals surface area contributed by atoms with E-state index >= 15 is 0 Å². The standard InChI is InChI=1S/C21H13BrN2O4/c1-13-5-7-18(19(22)9-13)20-8-6-17(28-20)11-15(12-23)21(25)14-3-2-4-16(10-14)24(26)27/h2-11H,1H3/b15-11+. The zero-order chi connectivity index (χ0) is 20.3. The van der Waals surface area contributed by atoms with Crippen LogP contribution in [0.5, 0.6) is 0 Å². The second-order valence-electron chi connectivity index (χ2n) is 5.99. The fourth-order valence-corrected chi connectivity index (χ4v) is 3.29. The zero-order valence-electron chi connectivity index (χ0n) is 14.7. The minimum absolute atomic E-state index is 0.0649. The number of carbonyl (C=O) groups excluding carboxylic acids is 1. The van der Waals surface area contributed by atoms with Gasteiger partial charge >= 0.3 is 0 Å². The van der Waals surface area contributed by atoms with Crippen LogP contribution in [0, 0.1) is 28.4 Å². The fraction of sp³-hybridized carbons (Fsp3) is 0.0476. The minimum Gasteiger partial charge on any atom is -0.457 e. The number of allylic oxidation sites excluding steroid dienone is 1. The van der Waals surface area contributed by atoms with Crippen molar-refractivity contribution < 1.29 is 14.1 Å². The molecule has 0 unspecified atom stereocenters. The predicted molar refractivity (Wildman–Crippen MR) is 108 cm³/mol. The van der Waals surface area contributed by atoms with E-state index in [4.69, 9.17) is 4.42 Å². The van der Waals surface area contributed by atoms with Crippen LogP contribution in [0.2, 0.25) is 0 Å². The van der Waals surface area contributed by atoms with E-state index in [1.165, 1.54) is 24.3 Å². The van der Waals surface area contributed by atoms with Crippen LogP contribution < -0.4 is 0 Å². The van der Waals surface area contributed by atoms with E-state index in [1.54, 1.807) is 12.1 Å². The van der Waals surface area contributed by atoms with E-state index in [2.05, 4.69) is 15.9 Å². The number of halogens is 1. The molecule has 0 bridgehead atoms. The number of carbonyl (C=O) groups is 1. The Labute approximate surface area is 169 Å². The molecule has 1 aromatic heterocycles. The molecule has 0 aliphatic carbocycles. The first kappa shape index (κ1) is 19.3. The first-order valence-corrected chi connectivity index (χ1v) is 8.95. The van der Waals surface area contributed by atoms with Gasteiger partial charge in [0.1, 0.15) is 23.2 Å². The third-order valence-corrected chi connectivity index (χ3v) is 4.64. The Balaban J connectivity index is 1.92. The molecule has 138 valence electrons. The maximum absolute atomic E-state index is 12.6. The van der Waals surface area contributed by atoms with Gasteiger partial charge in [-0.1, -0.05) is 34.1 Å². The summed E-state index contributed by atoms with van der Waals surface area (Å²) in [5.74, 6) is 0.302. The number of hydrogen-bond acceptors (Lipinski definition) is 5. The van der Waals surface area contributed by atoms with Gasteiger partial charge in [-0.05, 0) is 36.8 Å². The number of aryl methyl sites for hydroxylation is 1. The Kier molecular flexibility index (Phi) is 5.52. The average Bonchev–Trinajstić information content (AvgIpc) is 3.14. The SMILES string of the molecule is Cc1ccc(-c2ccc(/C=C(\C#N)C(=O)c3cccc([N+](=O)[O-])c3)o2)c(Br)c1. The van der Waals surface area contributed by atoms with Crippen LogP contribution in [0.3, 0.4) is 0 Å². The summed E-state index contributed by atoms with van der Waals surface area (Å²) < 4.78 is 6.62. The highest BCUT2D eigenvalue weighted by molar-refractivity contribution is 9.10. The maximum Gasteiger partial charge on any atom is 0.270 e. The molecule has 0 aliphatic heterocycles. The lowest BCUT2D eigenvalue weighted by atomic mass is 10.0. The van der Waals surface area contributed by atoms with Crippen LogP contribution in [0.25, 0.3) is 17.4 Å². The van der Waals surface area contributed by atoms with Crippen LogP contribution in [0.4, 0.5) is 5.69 Å². The molecule has 3 rings (SSSR count). The number of non-ortho nitro benzene ring substituents is 1. The van der Waals surface area contributed by atoms with Crippen molar-refractivity contribution in [2.24, 2.45) is 0 Å². The number of ketones is 1. The van der Waals surface area contributed by atoms with E-state index in [0.717, 1.165) is 21.7 Å². The molecule has 0 atom stereocenters. The van der Waals surface area contributed by atoms with Crippen molar-refractivity contribution in [2.75, 3.05) is 0 Å². The number of rotatable bonds is 5. The molecule has 28 heavy (non-hydrogen) atoms. The first-order chi connectivity index (χ1) is 13.4. The summed E-state index contributed by atoms with van der Waals surface area (Å²) in [6.45, 7) is 1.98. The number of hydrogen-bond donors (Lipinski definition) is 0. The highest BCUT2D eigenvalue weighted by atomic mass is 79.9. The third kappa shape index (κ3) is 4.08. The Morgan fingerprint density at radius 3 is 2.68 bits per heavy atom. The summed E-state index contributed by atoms with van der Waals surface area (Å²) in [5.41, 5.74) is 1.61. The number of nitro benzene ring substituents is 1. The van der Waals surface area contributed by atoms with Crippen molar-refractivity contribution in [3.05, 3.63) is 91.6 Å². The summed E-state index contributed by atoms with van der Waals surface area (Å²) in [7, 11) is 0. The number of Topliss-reactive ketones (excluding diaryl/α,β-unsaturated/α-hetero) is 1. The second kappa shape index (κ2) is 8.03. The van der Waals surface area contributed by atoms with Crippen LogP contribution in [-0.4, -0.2) is 10.7 Å². The normalized spacial score (nSPS) is 11.1. The maximum atomic E-state index is 12.6. The van der Waals surface area contributed by atoms with E-state index in [0.29, 0.717) is 11.5 Å². The largest absolute Gasteiger partial charge is 0.457 e. The van der Waals surface area contributed by atoms with Gasteiger partial charge in [-0.3, -0.25) is 14.9 Å². The van der Waals surface area contributed by atoms with Crippen LogP contribution >= 0.6 is 15.9 Å². The Bertz CT molecular complexity index is 1160. The van der Waals surface area contributed by atoms with Gasteiger partial charge < -0.3 is 4.42 Å². The molecule has 0 saturated carbocycles. The van der Waals surface area contributed by atoms with Gasteiger partial charge in [0, 0.05) is 33.8 Å². The van der Waals surface area contributed by atoms with Crippen molar-refractivity contribution in [3.63, 3.8) is 0 Å². The molecular formula is C21H13BrN2O4. The smallest absolute Gasteiger partial charge is 0.270 e. The number of furan rings is 1. The van der Waals surface area contributed by atoms with Crippen molar-refractivity contribution >= 4 is 33.5 Å². The van der Waals surface area contributed by atoms with Crippen molar-refractivity contribution in [3.8, 4) is 17.4 Å². The molecule has 0 fully saturated rings. The lowest BCUT2D eigenvalue weighted by Crippen LogP contribution is -2.02. The highest BCUT2D eigenvalue weighted by Gasteiger charge is 2.17. The van der Waals surface area contributed by atoms with Gasteiger partial charge in [-0.2, -0.15) is 5.26 Å². The lowest BCUT2D eigenvalue weighted by molar-refractivity contribution is -0.384. The topological polar surface area (TPSA) is 97.1 Å². The van der Waals surface area contributed by atoms with Crippen LogP contribution in [0.15, 0.2) is 69.1 Å². The highest BCUT2D eigenvalue weighted by Crippen LogP contribution is 2.31. The van der Waals surface area contributed by atoms with Crippen LogP contribution in [0.1, 0.15) is 21.7 Å². The number of nitro groups is 1. The van der Waals surface area contributed by atoms with Gasteiger partial charge in [0.15, 0.2) is 0 Å². The van der Waals surface area contributed by atoms with E-state index < -0.39 is 10.7 Å². The van der Waals surface area contributed by atoms with E-state index in [9.17, 15) is 20.2 Å². The van der Waals surface area contributed by atoms with Gasteiger partial charge in [0.25, 0.3) is 5.69 Å². The molecule has 7 heteroatoms. The summed E-state index contributed by atoms with van der Waals surface area (Å²) in [4.78, 5) is 22.9. The number of nitrogens with zero attached hydrogens (tertiary/aromatic N) is 2. The second-order valence-corrected chi connectivity index (χ2v) is 6.85. The molecule has 0 radical (unpaired) electrons. The fourth-order valence-electron chi connectivity index (χ4n) is 2.60. The third-order valence-electron chi connectivity index (χ3n) is 3.99. The average molecular weight is 437 g/mol. The molecule has 6 nitrogen and oxygen atoms in total. The molecule has 0 spiro atoms. The molecule has 2 aromatic carbocycles. The molecular weight excluding hydrogens is 424 g/mol. The number of nitriles is 1. The summed E-state index contributed by atoms with van der Waals surface area (Å²) in [6.07, 6.45) is 1.33. The molecule has 3 aromatic rings. The van der Waals surface area contributed by atoms with E-state index in [1.807, 2.05) is 31.2 Å². The summed E-state index contributed by atoms with van der Waals surface area (Å²) in [6, 6.07) is 16.3. The Hall–Kier alpha value is -3.50. The summed E-state index contributed by atoms with van der Waals surface area (Å²) >= 11 is 3.49. The number of benzene rings is 2. The molecule has 0 N–H and O–H groups in total. The van der Waals surface area contributed by atoms with Crippen molar-refractivity contribution in [1.82, 2.24) is 0 Å². The Morgan fingerprint density at radius 1 is 1.21 bits per heavy atom. The van der Waals surface area contributed by atoms with E-state index in [-0.39, 0.29) is 16.8 Å². The molecule has 0 saturated heterocycles. The van der Waals surface area contributed by atoms with Crippen molar-refractivity contribution in [1.29, 1.82) is 5.26 Å². The Morgan fingerprint density at radius 2 is 2.00 bits per heavy atom. The zero-order valence-corrected chi connectivity index (χ0v) is 16.3. The van der Waals surface area contributed by atoms with Gasteiger partial charge in [0.05, 0.1) is 4.92 Å². The molecule has 0 aliphatic rings. The predicted octanol–water partition coefficient (Wildman–Crippen LogP) is 5.72. The first-order valence-electron chi connectivity index (χ1n) is 8.16. The summed E-state index contributed by atoms with van der Waals surface area (Å²) in [5, 5.41) is 20.3. The quantitative estimate of drug-likeness (QED) is 0.167. The van der Waals surface area contributed by atoms with Gasteiger partial charge in [0.2, 0.25) is 5.78 Å². The van der Waals surface area contributed by atoms with Crippen LogP contribution in [-0.2, 0) is 0 Å². The minimum atomic E-state index is -0.610. The molecule has 0 amide bonds. The lowest BCUT2D eigenvalue weighted by Gasteiger charge is -2.02. The van der Waals surface area contributed by atoms with Crippen molar-refractivity contribution in [2.45, 2.75) is 6.92 Å². The molecule has 1 heterocycles. The monoisotopic (exact) mass is 436 g/mol. The van der Waals surface area contributed by atoms with Gasteiger partial charge in [-0.25, -0.2) is 0 Å².